The van der Waals surface area contributed by atoms with E-state index in [9.17, 15) is 14.4 Å². The SMILES string of the molecule is CN1C(=O)N[C@@H]2CN(C(=O)CNC(=O)CCC3CCCC3)CC[C@@H]21. The molecule has 134 valence electrons. The van der Waals surface area contributed by atoms with E-state index >= 15 is 0 Å². The van der Waals surface area contributed by atoms with Crippen LogP contribution in [0.4, 0.5) is 4.79 Å². The Hall–Kier alpha value is -1.79. The number of nitrogens with one attached hydrogen (secondary N) is 2. The Morgan fingerprint density at radius 3 is 2.75 bits per heavy atom. The second kappa shape index (κ2) is 7.40. The molecular weight excluding hydrogens is 308 g/mol. The normalized spacial score (nSPS) is 27.1. The maximum absolute atomic E-state index is 12.3. The third-order valence-corrected chi connectivity index (χ3v) is 5.75. The first-order valence-corrected chi connectivity index (χ1v) is 9.12. The summed E-state index contributed by atoms with van der Waals surface area (Å²) >= 11 is 0. The van der Waals surface area contributed by atoms with E-state index in [0.29, 0.717) is 25.4 Å². The number of carbonyl (C=O) groups is 3. The van der Waals surface area contributed by atoms with Crippen molar-refractivity contribution in [2.75, 3.05) is 26.7 Å². The zero-order valence-corrected chi connectivity index (χ0v) is 14.4. The van der Waals surface area contributed by atoms with Crippen LogP contribution in [0, 0.1) is 5.92 Å². The Morgan fingerprint density at radius 1 is 1.25 bits per heavy atom. The molecule has 7 nitrogen and oxygen atoms in total. The van der Waals surface area contributed by atoms with Gasteiger partial charge in [0.25, 0.3) is 0 Å². The average molecular weight is 336 g/mol. The van der Waals surface area contributed by atoms with Gasteiger partial charge in [-0.2, -0.15) is 0 Å². The van der Waals surface area contributed by atoms with Gasteiger partial charge < -0.3 is 20.4 Å². The van der Waals surface area contributed by atoms with Gasteiger partial charge in [-0.1, -0.05) is 25.7 Å². The molecule has 0 aromatic heterocycles. The molecule has 2 saturated heterocycles. The zero-order chi connectivity index (χ0) is 17.1. The molecule has 0 unspecified atom stereocenters. The number of fused-ring (bicyclic) bond motifs is 1. The van der Waals surface area contributed by atoms with Gasteiger partial charge in [0.05, 0.1) is 18.6 Å². The highest BCUT2D eigenvalue weighted by molar-refractivity contribution is 5.85. The van der Waals surface area contributed by atoms with Crippen LogP contribution in [0.1, 0.15) is 44.9 Å². The van der Waals surface area contributed by atoms with E-state index in [0.717, 1.165) is 12.8 Å². The summed E-state index contributed by atoms with van der Waals surface area (Å²) in [5, 5.41) is 5.67. The highest BCUT2D eigenvalue weighted by Crippen LogP contribution is 2.28. The van der Waals surface area contributed by atoms with Crippen molar-refractivity contribution < 1.29 is 14.4 Å². The standard InChI is InChI=1S/C17H28N4O3/c1-20-14-8-9-21(11-13(14)19-17(20)24)16(23)10-18-15(22)7-6-12-4-2-3-5-12/h12-14H,2-11H2,1H3,(H,18,22)(H,19,24)/t13-,14+/m1/s1. The number of piperidine rings is 1. The molecule has 2 heterocycles. The summed E-state index contributed by atoms with van der Waals surface area (Å²) in [6.45, 7) is 1.22. The summed E-state index contributed by atoms with van der Waals surface area (Å²) < 4.78 is 0. The smallest absolute Gasteiger partial charge is 0.317 e. The third-order valence-electron chi connectivity index (χ3n) is 5.75. The van der Waals surface area contributed by atoms with Gasteiger partial charge in [-0.3, -0.25) is 9.59 Å². The molecule has 2 N–H and O–H groups in total. The molecular formula is C17H28N4O3. The number of hydrogen-bond acceptors (Lipinski definition) is 3. The van der Waals surface area contributed by atoms with Crippen molar-refractivity contribution in [1.82, 2.24) is 20.4 Å². The van der Waals surface area contributed by atoms with E-state index in [1.165, 1.54) is 25.7 Å². The monoisotopic (exact) mass is 336 g/mol. The van der Waals surface area contributed by atoms with Gasteiger partial charge in [0, 0.05) is 26.6 Å². The molecule has 4 amide bonds. The first kappa shape index (κ1) is 17.0. The Balaban J connectivity index is 1.37. The predicted octanol–water partition coefficient (Wildman–Crippen LogP) is 0.697. The molecule has 3 fully saturated rings. The molecule has 0 bridgehead atoms. The summed E-state index contributed by atoms with van der Waals surface area (Å²) in [6, 6.07) is 0.0975. The van der Waals surface area contributed by atoms with Gasteiger partial charge in [0.15, 0.2) is 0 Å². The summed E-state index contributed by atoms with van der Waals surface area (Å²) in [5.74, 6) is 0.596. The number of amides is 4. The fourth-order valence-corrected chi connectivity index (χ4v) is 4.19. The molecule has 0 aromatic rings. The van der Waals surface area contributed by atoms with Crippen LogP contribution in [-0.4, -0.2) is 66.4 Å². The Kier molecular flexibility index (Phi) is 5.26. The van der Waals surface area contributed by atoms with Crippen LogP contribution in [0.25, 0.3) is 0 Å². The molecule has 3 rings (SSSR count). The van der Waals surface area contributed by atoms with Crippen molar-refractivity contribution >= 4 is 17.8 Å². The quantitative estimate of drug-likeness (QED) is 0.775. The van der Waals surface area contributed by atoms with E-state index in [1.54, 1.807) is 16.8 Å². The van der Waals surface area contributed by atoms with Crippen molar-refractivity contribution in [1.29, 1.82) is 0 Å². The highest BCUT2D eigenvalue weighted by atomic mass is 16.2. The van der Waals surface area contributed by atoms with Crippen molar-refractivity contribution in [3.8, 4) is 0 Å². The number of nitrogens with zero attached hydrogens (tertiary/aromatic N) is 2. The van der Waals surface area contributed by atoms with E-state index in [4.69, 9.17) is 0 Å². The second-order valence-corrected chi connectivity index (χ2v) is 7.33. The van der Waals surface area contributed by atoms with E-state index in [2.05, 4.69) is 10.6 Å². The maximum Gasteiger partial charge on any atom is 0.317 e. The van der Waals surface area contributed by atoms with E-state index in [-0.39, 0.29) is 36.5 Å². The van der Waals surface area contributed by atoms with Gasteiger partial charge in [-0.25, -0.2) is 4.79 Å². The van der Waals surface area contributed by atoms with Crippen molar-refractivity contribution in [3.05, 3.63) is 0 Å². The fourth-order valence-electron chi connectivity index (χ4n) is 4.19. The number of urea groups is 1. The Labute approximate surface area is 143 Å². The fraction of sp³-hybridized carbons (Fsp3) is 0.824. The van der Waals surface area contributed by atoms with Gasteiger partial charge >= 0.3 is 6.03 Å². The van der Waals surface area contributed by atoms with Gasteiger partial charge in [-0.15, -0.1) is 0 Å². The number of carbonyl (C=O) groups excluding carboxylic acids is 3. The van der Waals surface area contributed by atoms with Crippen LogP contribution >= 0.6 is 0 Å². The van der Waals surface area contributed by atoms with Crippen LogP contribution in [0.15, 0.2) is 0 Å². The van der Waals surface area contributed by atoms with Crippen molar-refractivity contribution in [3.63, 3.8) is 0 Å². The number of rotatable bonds is 5. The lowest BCUT2D eigenvalue weighted by Gasteiger charge is -2.35. The lowest BCUT2D eigenvalue weighted by Crippen LogP contribution is -2.54. The van der Waals surface area contributed by atoms with Crippen LogP contribution in [0.5, 0.6) is 0 Å². The van der Waals surface area contributed by atoms with Crippen molar-refractivity contribution in [2.45, 2.75) is 57.0 Å². The Bertz CT molecular complexity index is 504. The molecule has 3 aliphatic rings. The summed E-state index contributed by atoms with van der Waals surface area (Å²) in [7, 11) is 1.79. The van der Waals surface area contributed by atoms with Crippen LogP contribution in [0.3, 0.4) is 0 Å². The minimum atomic E-state index is -0.0699. The Morgan fingerprint density at radius 2 is 2.00 bits per heavy atom. The second-order valence-electron chi connectivity index (χ2n) is 7.33. The van der Waals surface area contributed by atoms with Gasteiger partial charge in [0.2, 0.25) is 11.8 Å². The van der Waals surface area contributed by atoms with E-state index < -0.39 is 0 Å². The summed E-state index contributed by atoms with van der Waals surface area (Å²) in [6.07, 6.45) is 7.28. The van der Waals surface area contributed by atoms with Crippen LogP contribution in [-0.2, 0) is 9.59 Å². The number of hydrogen-bond donors (Lipinski definition) is 2. The lowest BCUT2D eigenvalue weighted by atomic mass is 10.0. The minimum Gasteiger partial charge on any atom is -0.347 e. The van der Waals surface area contributed by atoms with Crippen LogP contribution < -0.4 is 10.6 Å². The maximum atomic E-state index is 12.3. The summed E-state index contributed by atoms with van der Waals surface area (Å²) in [4.78, 5) is 39.3. The molecule has 7 heteroatoms. The van der Waals surface area contributed by atoms with Gasteiger partial charge in [-0.05, 0) is 18.8 Å². The molecule has 2 aliphatic heterocycles. The predicted molar refractivity (Wildman–Crippen MR) is 89.3 cm³/mol. The van der Waals surface area contributed by atoms with Gasteiger partial charge in [0.1, 0.15) is 0 Å². The minimum absolute atomic E-state index is 0.00160. The highest BCUT2D eigenvalue weighted by Gasteiger charge is 2.41. The molecule has 1 aliphatic carbocycles. The average Bonchev–Trinajstić information content (AvgIpc) is 3.19. The molecule has 0 aromatic carbocycles. The van der Waals surface area contributed by atoms with E-state index in [1.807, 2.05) is 0 Å². The number of likely N-dealkylation sites (tertiary alicyclic amines) is 1. The topological polar surface area (TPSA) is 81.8 Å². The van der Waals surface area contributed by atoms with Crippen LogP contribution in [0.2, 0.25) is 0 Å². The molecule has 24 heavy (non-hydrogen) atoms. The lowest BCUT2D eigenvalue weighted by molar-refractivity contribution is -0.134. The number of likely N-dealkylation sites (N-methyl/N-ethyl adjacent to an activating group) is 1. The molecule has 0 spiro atoms. The first-order chi connectivity index (χ1) is 11.5. The molecule has 0 radical (unpaired) electrons. The first-order valence-electron chi connectivity index (χ1n) is 9.12. The zero-order valence-electron chi connectivity index (χ0n) is 14.4. The molecule has 1 saturated carbocycles. The summed E-state index contributed by atoms with van der Waals surface area (Å²) in [5.41, 5.74) is 0. The third kappa shape index (κ3) is 3.82. The van der Waals surface area contributed by atoms with Crippen molar-refractivity contribution in [2.24, 2.45) is 5.92 Å². The molecule has 2 atom stereocenters. The largest absolute Gasteiger partial charge is 0.347 e.